The maximum atomic E-state index is 11.6. The van der Waals surface area contributed by atoms with Crippen molar-refractivity contribution in [1.29, 1.82) is 0 Å². The SMILES string of the molecule is O=C1CN2C(CNCC2c2ccc(Br)cc2)CN1. The molecule has 5 heteroatoms. The first-order valence-corrected chi connectivity index (χ1v) is 7.02. The van der Waals surface area contributed by atoms with Crippen LogP contribution >= 0.6 is 15.9 Å². The number of piperazine rings is 2. The lowest BCUT2D eigenvalue weighted by atomic mass is 9.98. The summed E-state index contributed by atoms with van der Waals surface area (Å²) in [5.74, 6) is 0.135. The second-order valence-electron chi connectivity index (χ2n) is 4.86. The van der Waals surface area contributed by atoms with Crippen LogP contribution in [0.1, 0.15) is 11.6 Å². The highest BCUT2D eigenvalue weighted by Gasteiger charge is 2.35. The van der Waals surface area contributed by atoms with Gasteiger partial charge in [0.25, 0.3) is 0 Å². The molecule has 2 atom stereocenters. The normalized spacial score (nSPS) is 28.6. The van der Waals surface area contributed by atoms with Crippen LogP contribution in [-0.2, 0) is 4.79 Å². The average molecular weight is 310 g/mol. The van der Waals surface area contributed by atoms with E-state index in [9.17, 15) is 4.79 Å². The van der Waals surface area contributed by atoms with Crippen LogP contribution in [0.25, 0.3) is 0 Å². The molecule has 1 aromatic rings. The van der Waals surface area contributed by atoms with Crippen LogP contribution in [-0.4, -0.2) is 43.0 Å². The third-order valence-corrected chi connectivity index (χ3v) is 4.23. The van der Waals surface area contributed by atoms with Crippen LogP contribution in [0.4, 0.5) is 0 Å². The Kier molecular flexibility index (Phi) is 3.37. The van der Waals surface area contributed by atoms with Crippen molar-refractivity contribution in [2.24, 2.45) is 0 Å². The summed E-state index contributed by atoms with van der Waals surface area (Å²) < 4.78 is 1.09. The van der Waals surface area contributed by atoms with Gasteiger partial charge in [0.15, 0.2) is 0 Å². The van der Waals surface area contributed by atoms with Crippen molar-refractivity contribution in [3.05, 3.63) is 34.3 Å². The Hall–Kier alpha value is -0.910. The number of benzene rings is 1. The van der Waals surface area contributed by atoms with Crippen LogP contribution in [0, 0.1) is 0 Å². The van der Waals surface area contributed by atoms with E-state index in [1.54, 1.807) is 0 Å². The highest BCUT2D eigenvalue weighted by atomic mass is 79.9. The number of hydrogen-bond acceptors (Lipinski definition) is 3. The van der Waals surface area contributed by atoms with E-state index in [1.165, 1.54) is 5.56 Å². The fourth-order valence-corrected chi connectivity index (χ4v) is 3.02. The minimum atomic E-state index is 0.135. The molecule has 2 heterocycles. The topological polar surface area (TPSA) is 44.4 Å². The first-order chi connectivity index (χ1) is 8.74. The maximum absolute atomic E-state index is 11.6. The van der Waals surface area contributed by atoms with E-state index in [0.717, 1.165) is 24.1 Å². The second kappa shape index (κ2) is 4.99. The summed E-state index contributed by atoms with van der Waals surface area (Å²) in [5, 5.41) is 6.39. The molecule has 3 rings (SSSR count). The van der Waals surface area contributed by atoms with Gasteiger partial charge >= 0.3 is 0 Å². The third kappa shape index (κ3) is 2.30. The van der Waals surface area contributed by atoms with E-state index in [-0.39, 0.29) is 5.91 Å². The van der Waals surface area contributed by atoms with Crippen molar-refractivity contribution in [2.75, 3.05) is 26.2 Å². The highest BCUT2D eigenvalue weighted by molar-refractivity contribution is 9.10. The molecule has 2 fully saturated rings. The van der Waals surface area contributed by atoms with Crippen LogP contribution in [0.2, 0.25) is 0 Å². The summed E-state index contributed by atoms with van der Waals surface area (Å²) in [6.45, 7) is 3.12. The fourth-order valence-electron chi connectivity index (χ4n) is 2.75. The Labute approximate surface area is 115 Å². The number of carbonyl (C=O) groups is 1. The molecular formula is C13H16BrN3O. The molecule has 0 spiro atoms. The van der Waals surface area contributed by atoms with Crippen LogP contribution in [0.15, 0.2) is 28.7 Å². The quantitative estimate of drug-likeness (QED) is 0.810. The van der Waals surface area contributed by atoms with Crippen LogP contribution in [0.3, 0.4) is 0 Å². The Morgan fingerprint density at radius 3 is 2.72 bits per heavy atom. The number of nitrogens with zero attached hydrogens (tertiary/aromatic N) is 1. The predicted octanol–water partition coefficient (Wildman–Crippen LogP) is 0.894. The molecular weight excluding hydrogens is 294 g/mol. The van der Waals surface area contributed by atoms with E-state index in [2.05, 4.69) is 55.7 Å². The van der Waals surface area contributed by atoms with E-state index >= 15 is 0 Å². The van der Waals surface area contributed by atoms with Gasteiger partial charge in [0, 0.05) is 36.2 Å². The van der Waals surface area contributed by atoms with Crippen molar-refractivity contribution in [3.8, 4) is 0 Å². The third-order valence-electron chi connectivity index (χ3n) is 3.70. The van der Waals surface area contributed by atoms with Crippen molar-refractivity contribution in [1.82, 2.24) is 15.5 Å². The molecule has 0 aromatic heterocycles. The molecule has 0 bridgehead atoms. The maximum Gasteiger partial charge on any atom is 0.234 e. The zero-order valence-corrected chi connectivity index (χ0v) is 11.6. The lowest BCUT2D eigenvalue weighted by Crippen LogP contribution is -2.62. The monoisotopic (exact) mass is 309 g/mol. The van der Waals surface area contributed by atoms with Crippen molar-refractivity contribution < 1.29 is 4.79 Å². The molecule has 0 aliphatic carbocycles. The van der Waals surface area contributed by atoms with Crippen molar-refractivity contribution in [2.45, 2.75) is 12.1 Å². The van der Waals surface area contributed by atoms with Gasteiger partial charge in [-0.15, -0.1) is 0 Å². The van der Waals surface area contributed by atoms with Gasteiger partial charge < -0.3 is 10.6 Å². The zero-order valence-electron chi connectivity index (χ0n) is 10.0. The predicted molar refractivity (Wildman–Crippen MR) is 73.3 cm³/mol. The summed E-state index contributed by atoms with van der Waals surface area (Å²) in [6.07, 6.45) is 0. The van der Waals surface area contributed by atoms with Gasteiger partial charge in [0.2, 0.25) is 5.91 Å². The summed E-state index contributed by atoms with van der Waals surface area (Å²) in [5.41, 5.74) is 1.27. The molecule has 0 saturated carbocycles. The first-order valence-electron chi connectivity index (χ1n) is 6.22. The highest BCUT2D eigenvalue weighted by Crippen LogP contribution is 2.27. The largest absolute Gasteiger partial charge is 0.353 e. The lowest BCUT2D eigenvalue weighted by Gasteiger charge is -2.45. The zero-order chi connectivity index (χ0) is 12.5. The lowest BCUT2D eigenvalue weighted by molar-refractivity contribution is -0.127. The van der Waals surface area contributed by atoms with Gasteiger partial charge in [0.1, 0.15) is 0 Å². The standard InChI is InChI=1S/C13H16BrN3O/c14-10-3-1-9(2-4-10)12-7-15-5-11-6-16-13(18)8-17(11)12/h1-4,11-12,15H,5-8H2,(H,16,18). The van der Waals surface area contributed by atoms with Crippen LogP contribution < -0.4 is 10.6 Å². The number of hydrogen-bond donors (Lipinski definition) is 2. The molecule has 96 valence electrons. The molecule has 1 amide bonds. The van der Waals surface area contributed by atoms with E-state index in [4.69, 9.17) is 0 Å². The number of nitrogens with one attached hydrogen (secondary N) is 2. The molecule has 1 aromatic carbocycles. The molecule has 18 heavy (non-hydrogen) atoms. The van der Waals surface area contributed by atoms with Crippen molar-refractivity contribution >= 4 is 21.8 Å². The molecule has 2 unspecified atom stereocenters. The minimum Gasteiger partial charge on any atom is -0.353 e. The Bertz CT molecular complexity index is 448. The van der Waals surface area contributed by atoms with Gasteiger partial charge in [-0.05, 0) is 17.7 Å². The van der Waals surface area contributed by atoms with Crippen LogP contribution in [0.5, 0.6) is 0 Å². The number of halogens is 1. The molecule has 2 N–H and O–H groups in total. The fraction of sp³-hybridized carbons (Fsp3) is 0.462. The Morgan fingerprint density at radius 1 is 1.17 bits per heavy atom. The summed E-state index contributed by atoms with van der Waals surface area (Å²) in [6, 6.07) is 9.08. The van der Waals surface area contributed by atoms with Gasteiger partial charge in [-0.3, -0.25) is 9.69 Å². The first kappa shape index (κ1) is 12.1. The Morgan fingerprint density at radius 2 is 1.94 bits per heavy atom. The van der Waals surface area contributed by atoms with E-state index < -0.39 is 0 Å². The summed E-state index contributed by atoms with van der Waals surface area (Å²) in [4.78, 5) is 13.9. The second-order valence-corrected chi connectivity index (χ2v) is 5.77. The molecule has 2 aliphatic rings. The van der Waals surface area contributed by atoms with Gasteiger partial charge in [-0.2, -0.15) is 0 Å². The molecule has 4 nitrogen and oxygen atoms in total. The van der Waals surface area contributed by atoms with Gasteiger partial charge in [-0.25, -0.2) is 0 Å². The Balaban J connectivity index is 1.85. The average Bonchev–Trinajstić information content (AvgIpc) is 2.39. The smallest absolute Gasteiger partial charge is 0.234 e. The van der Waals surface area contributed by atoms with E-state index in [0.29, 0.717) is 18.6 Å². The number of fused-ring (bicyclic) bond motifs is 1. The van der Waals surface area contributed by atoms with E-state index in [1.807, 2.05) is 0 Å². The van der Waals surface area contributed by atoms with Gasteiger partial charge in [-0.1, -0.05) is 28.1 Å². The summed E-state index contributed by atoms with van der Waals surface area (Å²) >= 11 is 3.45. The number of rotatable bonds is 1. The van der Waals surface area contributed by atoms with Gasteiger partial charge in [0.05, 0.1) is 6.54 Å². The molecule has 0 radical (unpaired) electrons. The minimum absolute atomic E-state index is 0.135. The molecule has 2 saturated heterocycles. The summed E-state index contributed by atoms with van der Waals surface area (Å²) in [7, 11) is 0. The number of amides is 1. The van der Waals surface area contributed by atoms with Crippen molar-refractivity contribution in [3.63, 3.8) is 0 Å². The molecule has 2 aliphatic heterocycles. The number of carbonyl (C=O) groups excluding carboxylic acids is 1.